The van der Waals surface area contributed by atoms with Gasteiger partial charge in [0.25, 0.3) is 0 Å². The highest BCUT2D eigenvalue weighted by Crippen LogP contribution is 2.25. The van der Waals surface area contributed by atoms with Crippen LogP contribution in [0.2, 0.25) is 0 Å². The molecule has 2 rings (SSSR count). The molecule has 82 valence electrons. The van der Waals surface area contributed by atoms with Gasteiger partial charge in [-0.1, -0.05) is 6.07 Å². The van der Waals surface area contributed by atoms with Gasteiger partial charge in [-0.2, -0.15) is 0 Å². The first-order valence-corrected chi connectivity index (χ1v) is 5.88. The summed E-state index contributed by atoms with van der Waals surface area (Å²) in [6, 6.07) is 3.33. The van der Waals surface area contributed by atoms with Crippen LogP contribution in [0.25, 0.3) is 0 Å². The van der Waals surface area contributed by atoms with Crippen molar-refractivity contribution in [3.63, 3.8) is 0 Å². The average Bonchev–Trinajstić information content (AvgIpc) is 2.72. The molecule has 1 fully saturated rings. The summed E-state index contributed by atoms with van der Waals surface area (Å²) >= 11 is 1.51. The van der Waals surface area contributed by atoms with E-state index in [1.807, 2.05) is 22.4 Å². The topological polar surface area (TPSA) is 52.6 Å². The van der Waals surface area contributed by atoms with Crippen molar-refractivity contribution in [2.75, 3.05) is 26.2 Å². The molecular weight excluding hydrogens is 212 g/mol. The zero-order valence-electron chi connectivity index (χ0n) is 8.35. The number of hydrogen-bond acceptors (Lipinski definition) is 4. The number of thiophene rings is 1. The molecule has 0 aliphatic carbocycles. The Labute approximate surface area is 92.5 Å². The van der Waals surface area contributed by atoms with Gasteiger partial charge >= 0.3 is 5.97 Å². The van der Waals surface area contributed by atoms with Crippen LogP contribution in [0, 0.1) is 0 Å². The van der Waals surface area contributed by atoms with Crippen LogP contribution in [0.3, 0.4) is 0 Å². The Morgan fingerprint density at radius 2 is 2.27 bits per heavy atom. The zero-order valence-corrected chi connectivity index (χ0v) is 9.17. The maximum atomic E-state index is 11.2. The number of piperazine rings is 1. The Bertz CT molecular complexity index is 320. The first-order chi connectivity index (χ1) is 7.29. The van der Waals surface area contributed by atoms with Gasteiger partial charge in [0.2, 0.25) is 0 Å². The number of nitrogens with one attached hydrogen (secondary N) is 1. The maximum Gasteiger partial charge on any atom is 0.326 e. The molecule has 1 aromatic heterocycles. The standard InChI is InChI=1S/C10H14N2O2S/c13-10(14)9(8-2-1-7-15-8)12-5-3-11-4-6-12/h1-2,7,9,11H,3-6H2,(H,13,14). The molecular formula is C10H14N2O2S. The number of rotatable bonds is 3. The molecule has 4 nitrogen and oxygen atoms in total. The van der Waals surface area contributed by atoms with Gasteiger partial charge in [0.1, 0.15) is 6.04 Å². The maximum absolute atomic E-state index is 11.2. The lowest BCUT2D eigenvalue weighted by molar-refractivity contribution is -0.143. The molecule has 0 amide bonds. The van der Waals surface area contributed by atoms with Crippen LogP contribution >= 0.6 is 11.3 Å². The van der Waals surface area contributed by atoms with E-state index < -0.39 is 12.0 Å². The van der Waals surface area contributed by atoms with E-state index in [2.05, 4.69) is 5.32 Å². The van der Waals surface area contributed by atoms with Crippen molar-refractivity contribution in [2.24, 2.45) is 0 Å². The molecule has 0 aromatic carbocycles. The van der Waals surface area contributed by atoms with Crippen LogP contribution < -0.4 is 5.32 Å². The highest BCUT2D eigenvalue weighted by molar-refractivity contribution is 7.10. The van der Waals surface area contributed by atoms with Gasteiger partial charge in [0.05, 0.1) is 0 Å². The number of aliphatic carboxylic acids is 1. The first-order valence-electron chi connectivity index (χ1n) is 5.00. The second-order valence-corrected chi connectivity index (χ2v) is 4.52. The number of nitrogens with zero attached hydrogens (tertiary/aromatic N) is 1. The minimum atomic E-state index is -0.751. The lowest BCUT2D eigenvalue weighted by Crippen LogP contribution is -2.46. The largest absolute Gasteiger partial charge is 0.480 e. The van der Waals surface area contributed by atoms with Crippen molar-refractivity contribution in [1.82, 2.24) is 10.2 Å². The van der Waals surface area contributed by atoms with Gasteiger partial charge in [0.15, 0.2) is 0 Å². The van der Waals surface area contributed by atoms with Gasteiger partial charge in [-0.05, 0) is 11.4 Å². The van der Waals surface area contributed by atoms with Gasteiger partial charge in [-0.3, -0.25) is 9.69 Å². The minimum absolute atomic E-state index is 0.466. The molecule has 2 heterocycles. The SMILES string of the molecule is O=C(O)C(c1cccs1)N1CCNCC1. The molecule has 1 aromatic rings. The lowest BCUT2D eigenvalue weighted by atomic mass is 10.2. The Balaban J connectivity index is 2.15. The number of hydrogen-bond donors (Lipinski definition) is 2. The van der Waals surface area contributed by atoms with E-state index in [9.17, 15) is 9.90 Å². The van der Waals surface area contributed by atoms with Crippen LogP contribution in [0.5, 0.6) is 0 Å². The van der Waals surface area contributed by atoms with Crippen molar-refractivity contribution >= 4 is 17.3 Å². The van der Waals surface area contributed by atoms with Gasteiger partial charge in [0, 0.05) is 31.1 Å². The van der Waals surface area contributed by atoms with Crippen LogP contribution in [0.15, 0.2) is 17.5 Å². The molecule has 0 saturated carbocycles. The van der Waals surface area contributed by atoms with Crippen molar-refractivity contribution in [3.05, 3.63) is 22.4 Å². The molecule has 15 heavy (non-hydrogen) atoms. The molecule has 0 bridgehead atoms. The number of carboxylic acids is 1. The first kappa shape index (κ1) is 10.6. The Hall–Kier alpha value is -0.910. The molecule has 1 unspecified atom stereocenters. The summed E-state index contributed by atoms with van der Waals surface area (Å²) in [5.74, 6) is -0.751. The average molecular weight is 226 g/mol. The Kier molecular flexibility index (Phi) is 3.35. The van der Waals surface area contributed by atoms with E-state index in [0.717, 1.165) is 31.1 Å². The Morgan fingerprint density at radius 1 is 1.53 bits per heavy atom. The summed E-state index contributed by atoms with van der Waals surface area (Å²) < 4.78 is 0. The van der Waals surface area contributed by atoms with E-state index in [0.29, 0.717) is 0 Å². The molecule has 1 atom stereocenters. The summed E-state index contributed by atoms with van der Waals surface area (Å²) in [4.78, 5) is 14.2. The quantitative estimate of drug-likeness (QED) is 0.799. The molecule has 1 saturated heterocycles. The monoisotopic (exact) mass is 226 g/mol. The van der Waals surface area contributed by atoms with E-state index in [1.165, 1.54) is 11.3 Å². The van der Waals surface area contributed by atoms with Crippen molar-refractivity contribution in [3.8, 4) is 0 Å². The zero-order chi connectivity index (χ0) is 10.7. The third-order valence-corrected chi connectivity index (χ3v) is 3.49. The molecule has 0 radical (unpaired) electrons. The van der Waals surface area contributed by atoms with Crippen molar-refractivity contribution in [1.29, 1.82) is 0 Å². The molecule has 5 heteroatoms. The van der Waals surface area contributed by atoms with Gasteiger partial charge < -0.3 is 10.4 Å². The third-order valence-electron chi connectivity index (χ3n) is 2.56. The summed E-state index contributed by atoms with van der Waals surface area (Å²) in [5, 5.41) is 14.4. The van der Waals surface area contributed by atoms with Gasteiger partial charge in [-0.25, -0.2) is 0 Å². The van der Waals surface area contributed by atoms with E-state index in [4.69, 9.17) is 0 Å². The van der Waals surface area contributed by atoms with Gasteiger partial charge in [-0.15, -0.1) is 11.3 Å². The molecule has 0 spiro atoms. The Morgan fingerprint density at radius 3 is 2.80 bits per heavy atom. The summed E-state index contributed by atoms with van der Waals surface area (Å²) in [6.07, 6.45) is 0. The van der Waals surface area contributed by atoms with Crippen LogP contribution in [-0.4, -0.2) is 42.2 Å². The number of carboxylic acid groups (broad SMARTS) is 1. The van der Waals surface area contributed by atoms with E-state index in [-0.39, 0.29) is 0 Å². The molecule has 1 aliphatic rings. The smallest absolute Gasteiger partial charge is 0.326 e. The van der Waals surface area contributed by atoms with E-state index >= 15 is 0 Å². The fourth-order valence-corrected chi connectivity index (χ4v) is 2.70. The second kappa shape index (κ2) is 4.74. The van der Waals surface area contributed by atoms with Crippen LogP contribution in [0.4, 0.5) is 0 Å². The summed E-state index contributed by atoms with van der Waals surface area (Å²) in [7, 11) is 0. The number of carbonyl (C=O) groups is 1. The normalized spacial score (nSPS) is 20.0. The second-order valence-electron chi connectivity index (χ2n) is 3.54. The fraction of sp³-hybridized carbons (Fsp3) is 0.500. The lowest BCUT2D eigenvalue weighted by Gasteiger charge is -2.31. The van der Waals surface area contributed by atoms with E-state index in [1.54, 1.807) is 0 Å². The van der Waals surface area contributed by atoms with Crippen molar-refractivity contribution < 1.29 is 9.90 Å². The minimum Gasteiger partial charge on any atom is -0.480 e. The molecule has 2 N–H and O–H groups in total. The summed E-state index contributed by atoms with van der Waals surface area (Å²) in [6.45, 7) is 3.34. The third kappa shape index (κ3) is 2.37. The predicted molar refractivity (Wildman–Crippen MR) is 59.1 cm³/mol. The molecule has 1 aliphatic heterocycles. The highest BCUT2D eigenvalue weighted by atomic mass is 32.1. The van der Waals surface area contributed by atoms with Crippen LogP contribution in [-0.2, 0) is 4.79 Å². The summed E-state index contributed by atoms with van der Waals surface area (Å²) in [5.41, 5.74) is 0. The highest BCUT2D eigenvalue weighted by Gasteiger charge is 2.28. The van der Waals surface area contributed by atoms with Crippen LogP contribution in [0.1, 0.15) is 10.9 Å². The predicted octanol–water partition coefficient (Wildman–Crippen LogP) is 0.779. The van der Waals surface area contributed by atoms with Crippen molar-refractivity contribution in [2.45, 2.75) is 6.04 Å². The fourth-order valence-electron chi connectivity index (χ4n) is 1.85.